The van der Waals surface area contributed by atoms with Crippen LogP contribution in [0.1, 0.15) is 37.6 Å². The van der Waals surface area contributed by atoms with Gasteiger partial charge < -0.3 is 10.4 Å². The summed E-state index contributed by atoms with van der Waals surface area (Å²) < 4.78 is 25.9. The molecule has 0 bridgehead atoms. The van der Waals surface area contributed by atoms with Crippen LogP contribution in [-0.2, 0) is 0 Å². The molecule has 1 unspecified atom stereocenters. The average molecular weight is 271 g/mol. The number of benzene rings is 1. The second kappa shape index (κ2) is 6.10. The zero-order valence-corrected chi connectivity index (χ0v) is 11.3. The number of carbonyl (C=O) groups is 1. The Bertz CT molecular complexity index is 455. The Morgan fingerprint density at radius 2 is 1.95 bits per heavy atom. The van der Waals surface area contributed by atoms with Crippen LogP contribution in [0, 0.1) is 17.0 Å². The lowest BCUT2D eigenvalue weighted by Crippen LogP contribution is -2.44. The zero-order chi connectivity index (χ0) is 14.6. The summed E-state index contributed by atoms with van der Waals surface area (Å²) in [6.45, 7) is 5.73. The van der Waals surface area contributed by atoms with E-state index in [-0.39, 0.29) is 23.6 Å². The van der Waals surface area contributed by atoms with Gasteiger partial charge in [-0.3, -0.25) is 4.79 Å². The highest BCUT2D eigenvalue weighted by atomic mass is 19.2. The maximum atomic E-state index is 13.1. The summed E-state index contributed by atoms with van der Waals surface area (Å²) in [5.74, 6) is -2.52. The van der Waals surface area contributed by atoms with Crippen molar-refractivity contribution in [2.75, 3.05) is 6.61 Å². The van der Waals surface area contributed by atoms with Gasteiger partial charge >= 0.3 is 0 Å². The lowest BCUT2D eigenvalue weighted by atomic mass is 9.85. The van der Waals surface area contributed by atoms with Gasteiger partial charge in [0.05, 0.1) is 0 Å². The van der Waals surface area contributed by atoms with Crippen LogP contribution in [0.4, 0.5) is 8.78 Å². The summed E-state index contributed by atoms with van der Waals surface area (Å²) in [5.41, 5.74) is -0.178. The monoisotopic (exact) mass is 271 g/mol. The molecule has 0 spiro atoms. The molecule has 19 heavy (non-hydrogen) atoms. The summed E-state index contributed by atoms with van der Waals surface area (Å²) in [5, 5.41) is 11.7. The molecule has 0 fully saturated rings. The van der Waals surface area contributed by atoms with Gasteiger partial charge in [-0.15, -0.1) is 0 Å². The van der Waals surface area contributed by atoms with Crippen molar-refractivity contribution in [1.82, 2.24) is 5.32 Å². The van der Waals surface area contributed by atoms with Gasteiger partial charge in [-0.1, -0.05) is 20.8 Å². The smallest absolute Gasteiger partial charge is 0.251 e. The maximum absolute atomic E-state index is 13.1. The van der Waals surface area contributed by atoms with Crippen molar-refractivity contribution in [3.8, 4) is 0 Å². The molecule has 0 aromatic heterocycles. The molecular weight excluding hydrogens is 252 g/mol. The number of halogens is 2. The van der Waals surface area contributed by atoms with E-state index in [9.17, 15) is 13.6 Å². The molecule has 0 aliphatic carbocycles. The topological polar surface area (TPSA) is 49.3 Å². The van der Waals surface area contributed by atoms with E-state index >= 15 is 0 Å². The van der Waals surface area contributed by atoms with Gasteiger partial charge in [-0.2, -0.15) is 0 Å². The van der Waals surface area contributed by atoms with E-state index in [4.69, 9.17) is 5.11 Å². The second-order valence-electron chi connectivity index (χ2n) is 5.53. The molecule has 0 saturated heterocycles. The highest BCUT2D eigenvalue weighted by Gasteiger charge is 2.26. The van der Waals surface area contributed by atoms with Gasteiger partial charge in [0.2, 0.25) is 0 Å². The Kier molecular flexibility index (Phi) is 5.00. The standard InChI is InChI=1S/C14H19F2NO2/c1-14(2,3)12(6-7-18)17-13(19)9-4-5-10(15)11(16)8-9/h4-5,8,12,18H,6-7H2,1-3H3,(H,17,19). The van der Waals surface area contributed by atoms with E-state index in [1.165, 1.54) is 6.07 Å². The average Bonchev–Trinajstić information content (AvgIpc) is 2.30. The lowest BCUT2D eigenvalue weighted by molar-refractivity contribution is 0.0884. The first kappa shape index (κ1) is 15.6. The van der Waals surface area contributed by atoms with Crippen LogP contribution < -0.4 is 5.32 Å². The maximum Gasteiger partial charge on any atom is 0.251 e. The Morgan fingerprint density at radius 1 is 1.32 bits per heavy atom. The van der Waals surface area contributed by atoms with Crippen molar-refractivity contribution in [1.29, 1.82) is 0 Å². The number of aliphatic hydroxyl groups is 1. The molecule has 5 heteroatoms. The van der Waals surface area contributed by atoms with E-state index in [2.05, 4.69) is 5.32 Å². The highest BCUT2D eigenvalue weighted by Crippen LogP contribution is 2.22. The Labute approximate surface area is 111 Å². The predicted molar refractivity (Wildman–Crippen MR) is 68.8 cm³/mol. The largest absolute Gasteiger partial charge is 0.396 e. The third kappa shape index (κ3) is 4.28. The van der Waals surface area contributed by atoms with E-state index in [1.54, 1.807) is 0 Å². The van der Waals surface area contributed by atoms with Gasteiger partial charge in [0, 0.05) is 18.2 Å². The fourth-order valence-electron chi connectivity index (χ4n) is 1.73. The van der Waals surface area contributed by atoms with E-state index in [0.29, 0.717) is 6.42 Å². The quantitative estimate of drug-likeness (QED) is 0.884. The fraction of sp³-hybridized carbons (Fsp3) is 0.500. The molecule has 106 valence electrons. The van der Waals surface area contributed by atoms with Gasteiger partial charge in [0.1, 0.15) is 0 Å². The molecule has 1 aromatic rings. The molecule has 1 amide bonds. The molecule has 3 nitrogen and oxygen atoms in total. The van der Waals surface area contributed by atoms with Crippen molar-refractivity contribution in [2.24, 2.45) is 5.41 Å². The van der Waals surface area contributed by atoms with Gasteiger partial charge in [0.15, 0.2) is 11.6 Å². The molecule has 0 aliphatic heterocycles. The number of carbonyl (C=O) groups excluding carboxylic acids is 1. The van der Waals surface area contributed by atoms with Gasteiger partial charge in [-0.05, 0) is 30.0 Å². The van der Waals surface area contributed by atoms with Crippen LogP contribution in [0.15, 0.2) is 18.2 Å². The van der Waals surface area contributed by atoms with Crippen LogP contribution in [0.5, 0.6) is 0 Å². The first-order valence-corrected chi connectivity index (χ1v) is 6.12. The van der Waals surface area contributed by atoms with Crippen LogP contribution in [-0.4, -0.2) is 23.7 Å². The molecule has 0 aliphatic rings. The van der Waals surface area contributed by atoms with Crippen LogP contribution >= 0.6 is 0 Å². The summed E-state index contributed by atoms with van der Waals surface area (Å²) in [6, 6.07) is 2.76. The predicted octanol–water partition coefficient (Wildman–Crippen LogP) is 2.49. The number of nitrogens with one attached hydrogen (secondary N) is 1. The summed E-state index contributed by atoms with van der Waals surface area (Å²) in [7, 11) is 0. The van der Waals surface area contributed by atoms with E-state index in [0.717, 1.165) is 12.1 Å². The molecule has 0 heterocycles. The summed E-state index contributed by atoms with van der Waals surface area (Å²) in [4.78, 5) is 12.0. The molecular formula is C14H19F2NO2. The van der Waals surface area contributed by atoms with Crippen molar-refractivity contribution >= 4 is 5.91 Å². The number of rotatable bonds is 4. The number of hydrogen-bond donors (Lipinski definition) is 2. The SMILES string of the molecule is CC(C)(C)C(CCO)NC(=O)c1ccc(F)c(F)c1. The lowest BCUT2D eigenvalue weighted by Gasteiger charge is -2.31. The zero-order valence-electron chi connectivity index (χ0n) is 11.3. The molecule has 0 saturated carbocycles. The third-order valence-electron chi connectivity index (χ3n) is 2.95. The molecule has 1 aromatic carbocycles. The third-order valence-corrected chi connectivity index (χ3v) is 2.95. The van der Waals surface area contributed by atoms with Crippen LogP contribution in [0.25, 0.3) is 0 Å². The van der Waals surface area contributed by atoms with Crippen LogP contribution in [0.2, 0.25) is 0 Å². The van der Waals surface area contributed by atoms with Crippen LogP contribution in [0.3, 0.4) is 0 Å². The number of amides is 1. The highest BCUT2D eigenvalue weighted by molar-refractivity contribution is 5.94. The van der Waals surface area contributed by atoms with Gasteiger partial charge in [-0.25, -0.2) is 8.78 Å². The summed E-state index contributed by atoms with van der Waals surface area (Å²) in [6.07, 6.45) is 0.402. The molecule has 2 N–H and O–H groups in total. The molecule has 1 atom stereocenters. The number of aliphatic hydroxyl groups excluding tert-OH is 1. The van der Waals surface area contributed by atoms with E-state index in [1.807, 2.05) is 20.8 Å². The summed E-state index contributed by atoms with van der Waals surface area (Å²) >= 11 is 0. The van der Waals surface area contributed by atoms with Crippen molar-refractivity contribution in [3.05, 3.63) is 35.4 Å². The molecule has 1 rings (SSSR count). The van der Waals surface area contributed by atoms with Gasteiger partial charge in [0.25, 0.3) is 5.91 Å². The molecule has 0 radical (unpaired) electrons. The van der Waals surface area contributed by atoms with E-state index < -0.39 is 17.5 Å². The minimum atomic E-state index is -1.05. The Morgan fingerprint density at radius 3 is 2.42 bits per heavy atom. The number of hydrogen-bond acceptors (Lipinski definition) is 2. The van der Waals surface area contributed by atoms with Crippen molar-refractivity contribution < 1.29 is 18.7 Å². The Balaban J connectivity index is 2.84. The van der Waals surface area contributed by atoms with Crippen molar-refractivity contribution in [3.63, 3.8) is 0 Å². The first-order chi connectivity index (χ1) is 8.75. The first-order valence-electron chi connectivity index (χ1n) is 6.12. The fourth-order valence-corrected chi connectivity index (χ4v) is 1.73. The Hall–Kier alpha value is -1.49. The van der Waals surface area contributed by atoms with Crippen molar-refractivity contribution in [2.45, 2.75) is 33.2 Å². The minimum Gasteiger partial charge on any atom is -0.396 e. The normalized spacial score (nSPS) is 13.2. The second-order valence-corrected chi connectivity index (χ2v) is 5.53. The minimum absolute atomic E-state index is 0.0556.